The number of hydrogen-bond acceptors (Lipinski definition) is 2. The third-order valence-electron chi connectivity index (χ3n) is 2.49. The third kappa shape index (κ3) is 3.71. The van der Waals surface area contributed by atoms with E-state index in [0.717, 1.165) is 18.5 Å². The van der Waals surface area contributed by atoms with Crippen molar-refractivity contribution >= 4 is 29.0 Å². The first-order valence-electron chi connectivity index (χ1n) is 5.61. The number of anilines is 1. The molecule has 92 valence electrons. The van der Waals surface area contributed by atoms with Gasteiger partial charge in [0.25, 0.3) is 0 Å². The lowest BCUT2D eigenvalue weighted by molar-refractivity contribution is 1.09. The van der Waals surface area contributed by atoms with Crippen molar-refractivity contribution in [3.05, 3.63) is 29.3 Å². The number of rotatable bonds is 3. The largest absolute Gasteiger partial charge is 0.370 e. The minimum absolute atomic E-state index is 0.158. The van der Waals surface area contributed by atoms with Crippen LogP contribution in [0.25, 0.3) is 0 Å². The van der Waals surface area contributed by atoms with E-state index in [4.69, 9.17) is 23.4 Å². The summed E-state index contributed by atoms with van der Waals surface area (Å²) in [6.45, 7) is 4.20. The first-order chi connectivity index (χ1) is 8.08. The van der Waals surface area contributed by atoms with E-state index < -0.39 is 0 Å². The normalized spacial score (nSPS) is 9.76. The molecule has 0 aliphatic heterocycles. The Morgan fingerprint density at radius 1 is 1.29 bits per heavy atom. The van der Waals surface area contributed by atoms with Crippen LogP contribution in [0, 0.1) is 5.41 Å². The van der Waals surface area contributed by atoms with Crippen molar-refractivity contribution in [3.8, 4) is 0 Å². The maximum atomic E-state index is 7.13. The summed E-state index contributed by atoms with van der Waals surface area (Å²) in [5.41, 5.74) is 8.67. The Kier molecular flexibility index (Phi) is 4.90. The molecule has 0 aliphatic carbocycles. The zero-order chi connectivity index (χ0) is 12.8. The number of nitrogens with one attached hydrogen (secondary N) is 3. The highest BCUT2D eigenvalue weighted by molar-refractivity contribution is 7.80. The fourth-order valence-corrected chi connectivity index (χ4v) is 1.88. The Morgan fingerprint density at radius 2 is 1.82 bits per heavy atom. The fraction of sp³-hybridized carbons (Fsp3) is 0.333. The molecule has 0 saturated heterocycles. The molecular weight excluding hydrogens is 232 g/mol. The average molecular weight is 250 g/mol. The zero-order valence-electron chi connectivity index (χ0n) is 10.1. The van der Waals surface area contributed by atoms with Crippen molar-refractivity contribution in [1.82, 2.24) is 5.32 Å². The lowest BCUT2D eigenvalue weighted by Gasteiger charge is -2.16. The fourth-order valence-electron chi connectivity index (χ4n) is 1.67. The second kappa shape index (κ2) is 6.20. The molecule has 4 nitrogen and oxygen atoms in total. The van der Waals surface area contributed by atoms with Crippen molar-refractivity contribution in [1.29, 1.82) is 5.41 Å². The van der Waals surface area contributed by atoms with E-state index in [1.807, 2.05) is 6.07 Å². The topological polar surface area (TPSA) is 73.9 Å². The minimum Gasteiger partial charge on any atom is -0.370 e. The van der Waals surface area contributed by atoms with Gasteiger partial charge in [-0.3, -0.25) is 5.41 Å². The van der Waals surface area contributed by atoms with Gasteiger partial charge in [-0.2, -0.15) is 0 Å². The highest BCUT2D eigenvalue weighted by Gasteiger charge is 2.07. The molecule has 5 N–H and O–H groups in total. The van der Waals surface area contributed by atoms with Crippen molar-refractivity contribution in [2.45, 2.75) is 26.7 Å². The van der Waals surface area contributed by atoms with E-state index >= 15 is 0 Å². The van der Waals surface area contributed by atoms with Crippen LogP contribution >= 0.6 is 12.2 Å². The van der Waals surface area contributed by atoms with Gasteiger partial charge in [0.05, 0.1) is 0 Å². The van der Waals surface area contributed by atoms with Gasteiger partial charge in [-0.05, 0) is 36.2 Å². The van der Waals surface area contributed by atoms with Crippen molar-refractivity contribution in [3.63, 3.8) is 0 Å². The summed E-state index contributed by atoms with van der Waals surface area (Å²) >= 11 is 5.08. The Balaban J connectivity index is 2.95. The number of para-hydroxylation sites is 1. The molecule has 0 aliphatic rings. The highest BCUT2D eigenvalue weighted by Crippen LogP contribution is 2.22. The molecule has 0 heterocycles. The van der Waals surface area contributed by atoms with Gasteiger partial charge in [-0.15, -0.1) is 0 Å². The molecule has 17 heavy (non-hydrogen) atoms. The van der Waals surface area contributed by atoms with Gasteiger partial charge in [0.15, 0.2) is 11.1 Å². The molecule has 0 aromatic heterocycles. The number of thiocarbonyl (C=S) groups is 1. The molecule has 0 fully saturated rings. The van der Waals surface area contributed by atoms with E-state index in [1.165, 1.54) is 11.1 Å². The zero-order valence-corrected chi connectivity index (χ0v) is 10.9. The molecule has 0 atom stereocenters. The van der Waals surface area contributed by atoms with E-state index in [1.54, 1.807) is 0 Å². The van der Waals surface area contributed by atoms with Gasteiger partial charge in [0.1, 0.15) is 0 Å². The van der Waals surface area contributed by atoms with Gasteiger partial charge >= 0.3 is 0 Å². The van der Waals surface area contributed by atoms with Crippen LogP contribution in [-0.2, 0) is 12.8 Å². The summed E-state index contributed by atoms with van der Waals surface area (Å²) in [4.78, 5) is 0. The van der Waals surface area contributed by atoms with E-state index in [9.17, 15) is 0 Å². The summed E-state index contributed by atoms with van der Waals surface area (Å²) < 4.78 is 0. The summed E-state index contributed by atoms with van der Waals surface area (Å²) in [7, 11) is 0. The van der Waals surface area contributed by atoms with Crippen molar-refractivity contribution < 1.29 is 0 Å². The summed E-state index contributed by atoms with van der Waals surface area (Å²) in [5, 5.41) is 13.2. The summed E-state index contributed by atoms with van der Waals surface area (Å²) in [6, 6.07) is 6.18. The van der Waals surface area contributed by atoms with Crippen LogP contribution in [0.5, 0.6) is 0 Å². The summed E-state index contributed by atoms with van der Waals surface area (Å²) in [5.74, 6) is -0.158. The molecule has 0 spiro atoms. The second-order valence-corrected chi connectivity index (χ2v) is 4.06. The molecule has 0 saturated carbocycles. The van der Waals surface area contributed by atoms with Crippen LogP contribution in [0.4, 0.5) is 5.69 Å². The van der Waals surface area contributed by atoms with Gasteiger partial charge < -0.3 is 16.4 Å². The molecule has 0 radical (unpaired) electrons. The highest BCUT2D eigenvalue weighted by atomic mass is 32.1. The van der Waals surface area contributed by atoms with Crippen LogP contribution in [0.1, 0.15) is 25.0 Å². The Labute approximate surface area is 107 Å². The first kappa shape index (κ1) is 13.4. The Bertz CT molecular complexity index is 406. The molecule has 1 rings (SSSR count). The van der Waals surface area contributed by atoms with Crippen LogP contribution in [0.2, 0.25) is 0 Å². The molecule has 0 amide bonds. The third-order valence-corrected chi connectivity index (χ3v) is 2.69. The van der Waals surface area contributed by atoms with Crippen LogP contribution < -0.4 is 16.4 Å². The van der Waals surface area contributed by atoms with E-state index in [2.05, 4.69) is 36.6 Å². The minimum atomic E-state index is -0.158. The molecule has 1 aromatic rings. The molecule has 1 aromatic carbocycles. The van der Waals surface area contributed by atoms with Gasteiger partial charge in [0, 0.05) is 5.69 Å². The van der Waals surface area contributed by atoms with Crippen LogP contribution in [-0.4, -0.2) is 11.1 Å². The molecular formula is C12H18N4S. The Morgan fingerprint density at radius 3 is 2.24 bits per heavy atom. The predicted octanol–water partition coefficient (Wildman–Crippen LogP) is 1.99. The van der Waals surface area contributed by atoms with Gasteiger partial charge in [0.2, 0.25) is 0 Å². The maximum absolute atomic E-state index is 7.13. The molecule has 0 unspecified atom stereocenters. The number of benzene rings is 1. The molecule has 5 heteroatoms. The predicted molar refractivity (Wildman–Crippen MR) is 76.5 cm³/mol. The van der Waals surface area contributed by atoms with Crippen LogP contribution in [0.3, 0.4) is 0 Å². The molecule has 0 bridgehead atoms. The standard InChI is InChI=1S/C12H18N4S/c1-3-8-6-5-7-9(4-2)10(8)15-12(17)16-11(13)14/h5-7H,3-4H2,1-2H3,(H5,13,14,15,16,17). The SMILES string of the molecule is CCc1cccc(CC)c1NC(=S)NC(=N)N. The number of hydrogen-bond donors (Lipinski definition) is 4. The maximum Gasteiger partial charge on any atom is 0.192 e. The van der Waals surface area contributed by atoms with Crippen molar-refractivity contribution in [2.75, 3.05) is 5.32 Å². The smallest absolute Gasteiger partial charge is 0.192 e. The number of aryl methyl sites for hydroxylation is 2. The van der Waals surface area contributed by atoms with Gasteiger partial charge in [-0.1, -0.05) is 32.0 Å². The Hall–Kier alpha value is -1.62. The quantitative estimate of drug-likeness (QED) is 0.376. The monoisotopic (exact) mass is 250 g/mol. The van der Waals surface area contributed by atoms with E-state index in [0.29, 0.717) is 5.11 Å². The lowest BCUT2D eigenvalue weighted by atomic mass is 10.0. The van der Waals surface area contributed by atoms with Gasteiger partial charge in [-0.25, -0.2) is 0 Å². The average Bonchev–Trinajstić information content (AvgIpc) is 2.28. The number of guanidine groups is 1. The van der Waals surface area contributed by atoms with Crippen LogP contribution in [0.15, 0.2) is 18.2 Å². The number of nitrogens with two attached hydrogens (primary N) is 1. The summed E-state index contributed by atoms with van der Waals surface area (Å²) in [6.07, 6.45) is 1.86. The van der Waals surface area contributed by atoms with Crippen molar-refractivity contribution in [2.24, 2.45) is 5.73 Å². The lowest BCUT2D eigenvalue weighted by Crippen LogP contribution is -2.38. The first-order valence-corrected chi connectivity index (χ1v) is 6.02. The van der Waals surface area contributed by atoms with E-state index in [-0.39, 0.29) is 5.96 Å². The second-order valence-electron chi connectivity index (χ2n) is 3.65.